The van der Waals surface area contributed by atoms with Crippen molar-refractivity contribution in [3.05, 3.63) is 219 Å². The van der Waals surface area contributed by atoms with E-state index in [1.807, 2.05) is 12.3 Å². The number of pyridine rings is 2. The molecule has 0 atom stereocenters. The minimum absolute atomic E-state index is 0.942. The molecular formula is C57H36N4. The van der Waals surface area contributed by atoms with Crippen molar-refractivity contribution in [3.63, 3.8) is 0 Å². The average Bonchev–Trinajstić information content (AvgIpc) is 3.86. The standard InChI is InChI=1S/C57H36N4/c1-3-13-37(14-4-1)38-26-28-39(29-27-38)41-16-9-19-43(35-41)59(44-31-33-46-50-23-12-34-58-57(50)60(53(46)36-44)42-17-5-2-6-18-42)52-25-11-22-48-49-32-30-40-15-10-21-47-45-20-7-8-24-51(45)61(55(48)52)56(49)54(40)47/h1-36H. The second-order valence-electron chi connectivity index (χ2n) is 16.0. The van der Waals surface area contributed by atoms with Crippen LogP contribution in [0.25, 0.3) is 98.7 Å². The van der Waals surface area contributed by atoms with E-state index in [4.69, 9.17) is 4.98 Å². The molecule has 13 aromatic rings. The largest absolute Gasteiger partial charge is 0.308 e. The first-order chi connectivity index (χ1) is 30.3. The Morgan fingerprint density at radius 3 is 1.87 bits per heavy atom. The van der Waals surface area contributed by atoms with Gasteiger partial charge in [-0.05, 0) is 93.7 Å². The van der Waals surface area contributed by atoms with Crippen molar-refractivity contribution in [2.75, 3.05) is 4.90 Å². The summed E-state index contributed by atoms with van der Waals surface area (Å²) < 4.78 is 4.84. The van der Waals surface area contributed by atoms with Gasteiger partial charge in [-0.2, -0.15) is 0 Å². The van der Waals surface area contributed by atoms with Crippen LogP contribution in [0.3, 0.4) is 0 Å². The molecular weight excluding hydrogens is 741 g/mol. The molecule has 0 amide bonds. The topological polar surface area (TPSA) is 25.5 Å². The van der Waals surface area contributed by atoms with Crippen molar-refractivity contribution in [1.82, 2.24) is 14.0 Å². The van der Waals surface area contributed by atoms with Gasteiger partial charge >= 0.3 is 0 Å². The Labute approximate surface area is 351 Å². The van der Waals surface area contributed by atoms with E-state index in [1.165, 1.54) is 65.6 Å². The molecule has 13 rings (SSSR count). The molecule has 0 saturated carbocycles. The zero-order chi connectivity index (χ0) is 40.0. The first kappa shape index (κ1) is 33.7. The van der Waals surface area contributed by atoms with E-state index in [2.05, 4.69) is 220 Å². The first-order valence-corrected chi connectivity index (χ1v) is 20.9. The molecule has 0 N–H and O–H groups in total. The number of aromatic nitrogens is 3. The summed E-state index contributed by atoms with van der Waals surface area (Å²) in [6, 6.07) is 77.3. The maximum Gasteiger partial charge on any atom is 0.145 e. The van der Waals surface area contributed by atoms with Crippen molar-refractivity contribution in [2.24, 2.45) is 0 Å². The van der Waals surface area contributed by atoms with Crippen LogP contribution in [0, 0.1) is 0 Å². The lowest BCUT2D eigenvalue weighted by molar-refractivity contribution is 1.13. The number of para-hydroxylation sites is 3. The second-order valence-corrected chi connectivity index (χ2v) is 16.0. The van der Waals surface area contributed by atoms with Gasteiger partial charge in [-0.25, -0.2) is 4.98 Å². The minimum Gasteiger partial charge on any atom is -0.308 e. The van der Waals surface area contributed by atoms with E-state index in [0.29, 0.717) is 0 Å². The molecule has 4 nitrogen and oxygen atoms in total. The van der Waals surface area contributed by atoms with Crippen molar-refractivity contribution in [3.8, 4) is 27.9 Å². The van der Waals surface area contributed by atoms with Gasteiger partial charge in [-0.1, -0.05) is 152 Å². The Balaban J connectivity index is 1.11. The molecule has 4 aromatic heterocycles. The SMILES string of the molecule is c1ccc(-c2ccc(-c3cccc(N(c4ccc5c6cccnc6n(-c6ccccc6)c5c4)c4cccc5c6ccc7cccc8c9ccccc9n(c45)c6c78)c3)cc2)cc1. The molecule has 284 valence electrons. The van der Waals surface area contributed by atoms with Gasteiger partial charge in [0.05, 0.1) is 27.8 Å². The highest BCUT2D eigenvalue weighted by atomic mass is 15.2. The third kappa shape index (κ3) is 5.03. The second kappa shape index (κ2) is 13.2. The summed E-state index contributed by atoms with van der Waals surface area (Å²) >= 11 is 0. The number of hydrogen-bond acceptors (Lipinski definition) is 2. The van der Waals surface area contributed by atoms with E-state index < -0.39 is 0 Å². The van der Waals surface area contributed by atoms with E-state index >= 15 is 0 Å². The lowest BCUT2D eigenvalue weighted by Gasteiger charge is -2.27. The van der Waals surface area contributed by atoms with Crippen LogP contribution in [-0.4, -0.2) is 14.0 Å². The first-order valence-electron chi connectivity index (χ1n) is 20.9. The molecule has 61 heavy (non-hydrogen) atoms. The monoisotopic (exact) mass is 776 g/mol. The van der Waals surface area contributed by atoms with Gasteiger partial charge in [0.25, 0.3) is 0 Å². The van der Waals surface area contributed by atoms with Crippen LogP contribution in [0.1, 0.15) is 0 Å². The Kier molecular flexibility index (Phi) is 7.27. The van der Waals surface area contributed by atoms with E-state index in [9.17, 15) is 0 Å². The molecule has 0 saturated heterocycles. The molecule has 0 fully saturated rings. The average molecular weight is 777 g/mol. The van der Waals surface area contributed by atoms with Gasteiger partial charge in [0.2, 0.25) is 0 Å². The Morgan fingerprint density at radius 2 is 1.00 bits per heavy atom. The van der Waals surface area contributed by atoms with Crippen molar-refractivity contribution in [1.29, 1.82) is 0 Å². The molecule has 0 spiro atoms. The Morgan fingerprint density at radius 1 is 0.377 bits per heavy atom. The fourth-order valence-electron chi connectivity index (χ4n) is 9.99. The lowest BCUT2D eigenvalue weighted by Crippen LogP contribution is -2.11. The highest BCUT2D eigenvalue weighted by Gasteiger charge is 2.25. The van der Waals surface area contributed by atoms with Crippen LogP contribution in [0.4, 0.5) is 17.1 Å². The molecule has 9 aromatic carbocycles. The molecule has 0 unspecified atom stereocenters. The molecule has 4 heteroatoms. The maximum absolute atomic E-state index is 4.94. The third-order valence-electron chi connectivity index (χ3n) is 12.7. The van der Waals surface area contributed by atoms with Crippen molar-refractivity contribution in [2.45, 2.75) is 0 Å². The Bertz CT molecular complexity index is 3810. The quantitative estimate of drug-likeness (QED) is 0.124. The maximum atomic E-state index is 4.94. The summed E-state index contributed by atoms with van der Waals surface area (Å²) in [4.78, 5) is 7.41. The van der Waals surface area contributed by atoms with E-state index in [-0.39, 0.29) is 0 Å². The smallest absolute Gasteiger partial charge is 0.145 e. The van der Waals surface area contributed by atoms with Gasteiger partial charge in [0.15, 0.2) is 0 Å². The lowest BCUT2D eigenvalue weighted by atomic mass is 9.99. The van der Waals surface area contributed by atoms with Crippen LogP contribution in [0.2, 0.25) is 0 Å². The van der Waals surface area contributed by atoms with E-state index in [0.717, 1.165) is 50.2 Å². The molecule has 0 bridgehead atoms. The molecule has 0 aliphatic rings. The Hall–Kier alpha value is -8.21. The van der Waals surface area contributed by atoms with Gasteiger partial charge in [-0.3, -0.25) is 4.57 Å². The molecule has 0 aliphatic carbocycles. The third-order valence-corrected chi connectivity index (χ3v) is 12.7. The predicted octanol–water partition coefficient (Wildman–Crippen LogP) is 15.3. The summed E-state index contributed by atoms with van der Waals surface area (Å²) in [6.45, 7) is 0. The number of hydrogen-bond donors (Lipinski definition) is 0. The summed E-state index contributed by atoms with van der Waals surface area (Å²) in [6.07, 6.45) is 1.89. The predicted molar refractivity (Wildman–Crippen MR) is 256 cm³/mol. The summed E-state index contributed by atoms with van der Waals surface area (Å²) in [5.74, 6) is 0. The zero-order valence-corrected chi connectivity index (χ0v) is 33.1. The molecule has 0 aliphatic heterocycles. The molecule has 4 heterocycles. The van der Waals surface area contributed by atoms with Crippen molar-refractivity contribution >= 4 is 87.9 Å². The summed E-state index contributed by atoms with van der Waals surface area (Å²) in [7, 11) is 0. The summed E-state index contributed by atoms with van der Waals surface area (Å²) in [5.41, 5.74) is 14.7. The van der Waals surface area contributed by atoms with Crippen molar-refractivity contribution < 1.29 is 0 Å². The normalized spacial score (nSPS) is 11.9. The molecule has 0 radical (unpaired) electrons. The highest BCUT2D eigenvalue weighted by molar-refractivity contribution is 6.29. The summed E-state index contributed by atoms with van der Waals surface area (Å²) in [5, 5.41) is 9.85. The van der Waals surface area contributed by atoms with Crippen LogP contribution >= 0.6 is 0 Å². The van der Waals surface area contributed by atoms with Gasteiger partial charge in [-0.15, -0.1) is 0 Å². The van der Waals surface area contributed by atoms with Crippen LogP contribution < -0.4 is 4.90 Å². The number of anilines is 3. The van der Waals surface area contributed by atoms with Gasteiger partial charge in [0.1, 0.15) is 5.65 Å². The zero-order valence-electron chi connectivity index (χ0n) is 33.1. The van der Waals surface area contributed by atoms with Gasteiger partial charge < -0.3 is 9.30 Å². The van der Waals surface area contributed by atoms with Crippen LogP contribution in [0.5, 0.6) is 0 Å². The van der Waals surface area contributed by atoms with Crippen LogP contribution in [0.15, 0.2) is 219 Å². The number of rotatable bonds is 6. The minimum atomic E-state index is 0.942. The number of nitrogens with zero attached hydrogens (tertiary/aromatic N) is 4. The number of benzene rings is 9. The van der Waals surface area contributed by atoms with Gasteiger partial charge in [0, 0.05) is 55.6 Å². The fraction of sp³-hybridized carbons (Fsp3) is 0. The fourth-order valence-corrected chi connectivity index (χ4v) is 9.99. The van der Waals surface area contributed by atoms with Crippen LogP contribution in [-0.2, 0) is 0 Å². The van der Waals surface area contributed by atoms with E-state index in [1.54, 1.807) is 0 Å². The number of fused-ring (bicyclic) bond motifs is 9. The highest BCUT2D eigenvalue weighted by Crippen LogP contribution is 2.47.